The summed E-state index contributed by atoms with van der Waals surface area (Å²) in [6, 6.07) is 10.8. The summed E-state index contributed by atoms with van der Waals surface area (Å²) in [5, 5.41) is 0.481. The number of nitrogens with zero attached hydrogens (tertiary/aromatic N) is 2. The van der Waals surface area contributed by atoms with E-state index in [0.717, 1.165) is 16.9 Å². The van der Waals surface area contributed by atoms with Gasteiger partial charge in [0.15, 0.2) is 6.61 Å². The van der Waals surface area contributed by atoms with Gasteiger partial charge in [0.2, 0.25) is 0 Å². The highest BCUT2D eigenvalue weighted by molar-refractivity contribution is 6.31. The predicted molar refractivity (Wildman–Crippen MR) is 117 cm³/mol. The predicted octanol–water partition coefficient (Wildman–Crippen LogP) is 3.72. The zero-order valence-corrected chi connectivity index (χ0v) is 18.4. The van der Waals surface area contributed by atoms with E-state index in [-0.39, 0.29) is 18.4 Å². The number of hydrogen-bond acceptors (Lipinski definition) is 4. The summed E-state index contributed by atoms with van der Waals surface area (Å²) in [4.78, 5) is 29.2. The van der Waals surface area contributed by atoms with Gasteiger partial charge in [0.1, 0.15) is 11.5 Å². The van der Waals surface area contributed by atoms with Gasteiger partial charge < -0.3 is 19.3 Å². The van der Waals surface area contributed by atoms with Crippen molar-refractivity contribution in [1.82, 2.24) is 9.80 Å². The number of rotatable bonds is 5. The highest BCUT2D eigenvalue weighted by atomic mass is 35.5. The molecule has 2 amide bonds. The highest BCUT2D eigenvalue weighted by Crippen LogP contribution is 2.25. The molecule has 1 aliphatic heterocycles. The molecule has 2 aromatic carbocycles. The number of carbonyl (C=O) groups is 2. The molecule has 1 aliphatic rings. The van der Waals surface area contributed by atoms with Crippen LogP contribution < -0.4 is 9.47 Å². The SMILES string of the molecule is COc1ccc(Cl)cc1C(=O)N1CCCN(C(=O)COc2cccc(C)c2C)CC1. The fourth-order valence-electron chi connectivity index (χ4n) is 3.50. The van der Waals surface area contributed by atoms with Gasteiger partial charge in [0.05, 0.1) is 12.7 Å². The minimum atomic E-state index is -0.143. The first kappa shape index (κ1) is 22.0. The smallest absolute Gasteiger partial charge is 0.260 e. The average Bonchev–Trinajstić information content (AvgIpc) is 3.00. The Morgan fingerprint density at radius 3 is 2.50 bits per heavy atom. The molecule has 160 valence electrons. The van der Waals surface area contributed by atoms with Gasteiger partial charge in [0.25, 0.3) is 11.8 Å². The molecule has 0 unspecified atom stereocenters. The molecule has 0 spiro atoms. The van der Waals surface area contributed by atoms with Crippen LogP contribution in [0, 0.1) is 13.8 Å². The molecule has 0 bridgehead atoms. The van der Waals surface area contributed by atoms with Crippen molar-refractivity contribution in [2.75, 3.05) is 39.9 Å². The lowest BCUT2D eigenvalue weighted by Crippen LogP contribution is -2.39. The van der Waals surface area contributed by atoms with E-state index in [1.54, 1.807) is 28.0 Å². The van der Waals surface area contributed by atoms with Crippen molar-refractivity contribution in [3.8, 4) is 11.5 Å². The second-order valence-electron chi connectivity index (χ2n) is 7.36. The average molecular weight is 431 g/mol. The molecule has 30 heavy (non-hydrogen) atoms. The Bertz CT molecular complexity index is 931. The number of hydrogen-bond donors (Lipinski definition) is 0. The Morgan fingerprint density at radius 1 is 1.00 bits per heavy atom. The maximum atomic E-state index is 13.0. The lowest BCUT2D eigenvalue weighted by atomic mass is 10.1. The fraction of sp³-hybridized carbons (Fsp3) is 0.391. The molecule has 7 heteroatoms. The van der Waals surface area contributed by atoms with Crippen molar-refractivity contribution >= 4 is 23.4 Å². The van der Waals surface area contributed by atoms with E-state index in [1.165, 1.54) is 7.11 Å². The van der Waals surface area contributed by atoms with Crippen molar-refractivity contribution < 1.29 is 19.1 Å². The van der Waals surface area contributed by atoms with E-state index < -0.39 is 0 Å². The van der Waals surface area contributed by atoms with E-state index in [0.29, 0.717) is 48.9 Å². The Labute approximate surface area is 182 Å². The molecule has 0 N–H and O–H groups in total. The third kappa shape index (κ3) is 5.05. The molecule has 0 saturated carbocycles. The maximum absolute atomic E-state index is 13.0. The van der Waals surface area contributed by atoms with E-state index in [1.807, 2.05) is 32.0 Å². The minimum Gasteiger partial charge on any atom is -0.496 e. The molecule has 0 atom stereocenters. The zero-order chi connectivity index (χ0) is 21.7. The second kappa shape index (κ2) is 9.85. The van der Waals surface area contributed by atoms with E-state index in [4.69, 9.17) is 21.1 Å². The van der Waals surface area contributed by atoms with Crippen molar-refractivity contribution in [2.45, 2.75) is 20.3 Å². The van der Waals surface area contributed by atoms with Gasteiger partial charge in [-0.15, -0.1) is 0 Å². The van der Waals surface area contributed by atoms with Crippen LogP contribution in [0.25, 0.3) is 0 Å². The number of aryl methyl sites for hydroxylation is 1. The number of benzene rings is 2. The van der Waals surface area contributed by atoms with Gasteiger partial charge in [0, 0.05) is 31.2 Å². The molecule has 0 aromatic heterocycles. The third-order valence-electron chi connectivity index (χ3n) is 5.43. The molecule has 1 fully saturated rings. The third-order valence-corrected chi connectivity index (χ3v) is 5.67. The topological polar surface area (TPSA) is 59.1 Å². The zero-order valence-electron chi connectivity index (χ0n) is 17.6. The summed E-state index contributed by atoms with van der Waals surface area (Å²) in [5.41, 5.74) is 2.59. The molecule has 0 radical (unpaired) electrons. The van der Waals surface area contributed by atoms with Gasteiger partial charge >= 0.3 is 0 Å². The van der Waals surface area contributed by atoms with E-state index in [9.17, 15) is 9.59 Å². The largest absolute Gasteiger partial charge is 0.496 e. The molecule has 1 heterocycles. The van der Waals surface area contributed by atoms with Crippen molar-refractivity contribution in [3.05, 3.63) is 58.1 Å². The molecule has 2 aromatic rings. The molecule has 0 aliphatic carbocycles. The van der Waals surface area contributed by atoms with Crippen LogP contribution in [0.5, 0.6) is 11.5 Å². The number of methoxy groups -OCH3 is 1. The Balaban J connectivity index is 1.60. The summed E-state index contributed by atoms with van der Waals surface area (Å²) in [6.45, 7) is 6.04. The Kier molecular flexibility index (Phi) is 7.21. The normalized spacial score (nSPS) is 14.3. The first-order valence-corrected chi connectivity index (χ1v) is 10.4. The summed E-state index contributed by atoms with van der Waals surface area (Å²) in [6.07, 6.45) is 0.698. The van der Waals surface area contributed by atoms with Crippen LogP contribution >= 0.6 is 11.6 Å². The van der Waals surface area contributed by atoms with Crippen molar-refractivity contribution in [2.24, 2.45) is 0 Å². The van der Waals surface area contributed by atoms with Crippen LogP contribution in [0.3, 0.4) is 0 Å². The van der Waals surface area contributed by atoms with Crippen LogP contribution in [-0.4, -0.2) is 61.5 Å². The van der Waals surface area contributed by atoms with Gasteiger partial charge in [-0.2, -0.15) is 0 Å². The maximum Gasteiger partial charge on any atom is 0.260 e. The van der Waals surface area contributed by atoms with Gasteiger partial charge in [-0.25, -0.2) is 0 Å². The second-order valence-corrected chi connectivity index (χ2v) is 7.79. The van der Waals surface area contributed by atoms with Crippen LogP contribution in [0.4, 0.5) is 0 Å². The number of ether oxygens (including phenoxy) is 2. The van der Waals surface area contributed by atoms with E-state index >= 15 is 0 Å². The summed E-state index contributed by atoms with van der Waals surface area (Å²) in [5.74, 6) is 0.993. The fourth-order valence-corrected chi connectivity index (χ4v) is 3.67. The monoisotopic (exact) mass is 430 g/mol. The molecular formula is C23H27ClN2O4. The van der Waals surface area contributed by atoms with E-state index in [2.05, 4.69) is 0 Å². The van der Waals surface area contributed by atoms with Crippen LogP contribution in [0.15, 0.2) is 36.4 Å². The van der Waals surface area contributed by atoms with Gasteiger partial charge in [-0.3, -0.25) is 9.59 Å². The van der Waals surface area contributed by atoms with Crippen LogP contribution in [0.1, 0.15) is 27.9 Å². The molecular weight excluding hydrogens is 404 g/mol. The van der Waals surface area contributed by atoms with Crippen LogP contribution in [0.2, 0.25) is 5.02 Å². The van der Waals surface area contributed by atoms with Gasteiger partial charge in [-0.05, 0) is 55.7 Å². The summed E-state index contributed by atoms with van der Waals surface area (Å²) >= 11 is 6.07. The Hall–Kier alpha value is -2.73. The first-order chi connectivity index (χ1) is 14.4. The molecule has 3 rings (SSSR count). The Morgan fingerprint density at radius 2 is 1.73 bits per heavy atom. The lowest BCUT2D eigenvalue weighted by molar-refractivity contribution is -0.133. The summed E-state index contributed by atoms with van der Waals surface area (Å²) < 4.78 is 11.1. The van der Waals surface area contributed by atoms with Crippen LogP contribution in [-0.2, 0) is 4.79 Å². The quantitative estimate of drug-likeness (QED) is 0.725. The first-order valence-electron chi connectivity index (χ1n) is 10.0. The van der Waals surface area contributed by atoms with Gasteiger partial charge in [-0.1, -0.05) is 23.7 Å². The highest BCUT2D eigenvalue weighted by Gasteiger charge is 2.25. The lowest BCUT2D eigenvalue weighted by Gasteiger charge is -2.23. The molecule has 1 saturated heterocycles. The van der Waals surface area contributed by atoms with Crippen molar-refractivity contribution in [3.63, 3.8) is 0 Å². The standard InChI is InChI=1S/C23H27ClN2O4/c1-16-6-4-7-20(17(16)2)30-15-22(27)25-10-5-11-26(13-12-25)23(28)19-14-18(24)8-9-21(19)29-3/h4,6-9,14H,5,10-13,15H2,1-3H3. The number of amides is 2. The minimum absolute atomic E-state index is 0.0135. The number of carbonyl (C=O) groups excluding carboxylic acids is 2. The molecule has 6 nitrogen and oxygen atoms in total. The van der Waals surface area contributed by atoms with Crippen molar-refractivity contribution in [1.29, 1.82) is 0 Å². The number of halogens is 1. The summed E-state index contributed by atoms with van der Waals surface area (Å²) in [7, 11) is 1.53.